The minimum atomic E-state index is -0.137. The number of anilines is 1. The Morgan fingerprint density at radius 2 is 1.96 bits per heavy atom. The Morgan fingerprint density at radius 1 is 1.19 bits per heavy atom. The number of nitrogens with zero attached hydrogens (tertiary/aromatic N) is 4. The Hall–Kier alpha value is -2.52. The summed E-state index contributed by atoms with van der Waals surface area (Å²) in [5.74, 6) is -0.139. The number of aryl methyl sites for hydroxylation is 1. The van der Waals surface area contributed by atoms with E-state index in [1.165, 1.54) is 29.6 Å². The van der Waals surface area contributed by atoms with E-state index in [-0.39, 0.29) is 11.8 Å². The second-order valence-electron chi connectivity index (χ2n) is 6.05. The smallest absolute Gasteiger partial charge is 0.266 e. The average Bonchev–Trinajstić information content (AvgIpc) is 3.31. The molecule has 0 bridgehead atoms. The van der Waals surface area contributed by atoms with Gasteiger partial charge in [-0.3, -0.25) is 9.59 Å². The maximum absolute atomic E-state index is 13.0. The van der Waals surface area contributed by atoms with Gasteiger partial charge in [-0.2, -0.15) is 0 Å². The van der Waals surface area contributed by atoms with Crippen molar-refractivity contribution >= 4 is 39.6 Å². The van der Waals surface area contributed by atoms with Crippen LogP contribution in [0.5, 0.6) is 0 Å². The zero-order valence-corrected chi connectivity index (χ0v) is 16.0. The van der Waals surface area contributed by atoms with Crippen molar-refractivity contribution in [3.8, 4) is 5.13 Å². The fourth-order valence-electron chi connectivity index (χ4n) is 2.87. The number of amides is 2. The van der Waals surface area contributed by atoms with Crippen molar-refractivity contribution in [3.05, 3.63) is 45.7 Å². The van der Waals surface area contributed by atoms with Crippen molar-refractivity contribution in [3.63, 3.8) is 0 Å². The fraction of sp³-hybridized carbons (Fsp3) is 0.294. The number of carbonyl (C=O) groups is 2. The highest BCUT2D eigenvalue weighted by molar-refractivity contribution is 7.16. The number of nitrogens with one attached hydrogen (secondary N) is 1. The van der Waals surface area contributed by atoms with Crippen LogP contribution in [0.4, 0.5) is 5.13 Å². The molecule has 26 heavy (non-hydrogen) atoms. The lowest BCUT2D eigenvalue weighted by Gasteiger charge is -2.25. The molecule has 4 rings (SSSR count). The lowest BCUT2D eigenvalue weighted by atomic mass is 10.1. The first-order valence-corrected chi connectivity index (χ1v) is 9.81. The molecule has 134 valence electrons. The van der Waals surface area contributed by atoms with E-state index in [0.29, 0.717) is 29.5 Å². The summed E-state index contributed by atoms with van der Waals surface area (Å²) in [5, 5.41) is 4.11. The molecule has 0 atom stereocenters. The third-order valence-corrected chi connectivity index (χ3v) is 6.26. The van der Waals surface area contributed by atoms with E-state index >= 15 is 0 Å². The monoisotopic (exact) mass is 387 g/mol. The molecule has 0 fully saturated rings. The SMILES string of the molecule is CC(=O)Nc1nc2c(s1)CN(C(=O)c1sc(-n3cccc3)nc1C)CC2. The topological polar surface area (TPSA) is 80.1 Å². The van der Waals surface area contributed by atoms with Crippen LogP contribution in [0.2, 0.25) is 0 Å². The summed E-state index contributed by atoms with van der Waals surface area (Å²) >= 11 is 2.84. The summed E-state index contributed by atoms with van der Waals surface area (Å²) in [6, 6.07) is 3.86. The number of thiazole rings is 2. The van der Waals surface area contributed by atoms with E-state index in [1.807, 2.05) is 40.9 Å². The van der Waals surface area contributed by atoms with Crippen LogP contribution in [-0.4, -0.2) is 37.8 Å². The van der Waals surface area contributed by atoms with Crippen molar-refractivity contribution in [2.24, 2.45) is 0 Å². The van der Waals surface area contributed by atoms with Gasteiger partial charge in [0.15, 0.2) is 10.3 Å². The van der Waals surface area contributed by atoms with Crippen molar-refractivity contribution in [1.82, 2.24) is 19.4 Å². The average molecular weight is 387 g/mol. The van der Waals surface area contributed by atoms with E-state index in [2.05, 4.69) is 15.3 Å². The van der Waals surface area contributed by atoms with Crippen LogP contribution in [0.1, 0.15) is 32.9 Å². The molecular formula is C17H17N5O2S2. The number of carbonyl (C=O) groups excluding carboxylic acids is 2. The van der Waals surface area contributed by atoms with Crippen molar-refractivity contribution in [2.75, 3.05) is 11.9 Å². The van der Waals surface area contributed by atoms with Crippen LogP contribution in [0.15, 0.2) is 24.5 Å². The fourth-order valence-corrected chi connectivity index (χ4v) is 4.94. The maximum Gasteiger partial charge on any atom is 0.266 e. The minimum absolute atomic E-state index is 0.00136. The molecule has 0 aromatic carbocycles. The van der Waals surface area contributed by atoms with Gasteiger partial charge in [0.25, 0.3) is 5.91 Å². The highest BCUT2D eigenvalue weighted by atomic mass is 32.1. The van der Waals surface area contributed by atoms with Gasteiger partial charge in [0.05, 0.1) is 17.9 Å². The van der Waals surface area contributed by atoms with Gasteiger partial charge in [0.2, 0.25) is 5.91 Å². The van der Waals surface area contributed by atoms with E-state index < -0.39 is 0 Å². The first-order valence-electron chi connectivity index (χ1n) is 8.17. The van der Waals surface area contributed by atoms with Gasteiger partial charge in [0.1, 0.15) is 4.88 Å². The molecule has 0 saturated heterocycles. The molecule has 3 aromatic rings. The van der Waals surface area contributed by atoms with Crippen LogP contribution >= 0.6 is 22.7 Å². The highest BCUT2D eigenvalue weighted by Gasteiger charge is 2.27. The van der Waals surface area contributed by atoms with Crippen molar-refractivity contribution in [2.45, 2.75) is 26.8 Å². The second kappa shape index (κ2) is 6.65. The largest absolute Gasteiger partial charge is 0.332 e. The number of fused-ring (bicyclic) bond motifs is 1. The first kappa shape index (κ1) is 16.9. The molecule has 0 saturated carbocycles. The summed E-state index contributed by atoms with van der Waals surface area (Å²) in [6.45, 7) is 4.46. The molecule has 1 aliphatic heterocycles. The predicted octanol–water partition coefficient (Wildman–Crippen LogP) is 2.86. The third-order valence-electron chi connectivity index (χ3n) is 4.11. The molecule has 1 aliphatic rings. The Balaban J connectivity index is 1.54. The van der Waals surface area contributed by atoms with E-state index in [9.17, 15) is 9.59 Å². The van der Waals surface area contributed by atoms with Crippen LogP contribution in [0.25, 0.3) is 5.13 Å². The molecule has 0 unspecified atom stereocenters. The molecular weight excluding hydrogens is 370 g/mol. The summed E-state index contributed by atoms with van der Waals surface area (Å²) < 4.78 is 1.91. The molecule has 4 heterocycles. The van der Waals surface area contributed by atoms with Gasteiger partial charge in [-0.05, 0) is 19.1 Å². The standard InChI is InChI=1S/C17H17N5O2S2/c1-10-14(26-17(18-10)21-6-3-4-7-21)15(24)22-8-5-12-13(9-22)25-16(20-12)19-11(2)23/h3-4,6-7H,5,8-9H2,1-2H3,(H,19,20,23). The minimum Gasteiger partial charge on any atom is -0.332 e. The molecule has 2 amide bonds. The Labute approximate surface area is 158 Å². The number of hydrogen-bond donors (Lipinski definition) is 1. The Kier molecular flexibility index (Phi) is 4.33. The quantitative estimate of drug-likeness (QED) is 0.749. The molecule has 0 aliphatic carbocycles. The molecule has 9 heteroatoms. The molecule has 0 spiro atoms. The van der Waals surface area contributed by atoms with Gasteiger partial charge in [-0.15, -0.1) is 0 Å². The normalized spacial score (nSPS) is 13.5. The molecule has 3 aromatic heterocycles. The van der Waals surface area contributed by atoms with Gasteiger partial charge in [-0.1, -0.05) is 22.7 Å². The zero-order valence-electron chi connectivity index (χ0n) is 14.4. The lowest BCUT2D eigenvalue weighted by molar-refractivity contribution is -0.114. The van der Waals surface area contributed by atoms with E-state index in [4.69, 9.17) is 0 Å². The van der Waals surface area contributed by atoms with Crippen LogP contribution in [0, 0.1) is 6.92 Å². The van der Waals surface area contributed by atoms with Crippen LogP contribution in [-0.2, 0) is 17.8 Å². The Morgan fingerprint density at radius 3 is 2.69 bits per heavy atom. The molecule has 0 radical (unpaired) electrons. The highest BCUT2D eigenvalue weighted by Crippen LogP contribution is 2.30. The maximum atomic E-state index is 13.0. The van der Waals surface area contributed by atoms with Gasteiger partial charge < -0.3 is 14.8 Å². The second-order valence-corrected chi connectivity index (χ2v) is 8.11. The third kappa shape index (κ3) is 3.15. The van der Waals surface area contributed by atoms with Crippen LogP contribution < -0.4 is 5.32 Å². The van der Waals surface area contributed by atoms with Crippen molar-refractivity contribution in [1.29, 1.82) is 0 Å². The zero-order chi connectivity index (χ0) is 18.3. The molecule has 1 N–H and O–H groups in total. The van der Waals surface area contributed by atoms with E-state index in [0.717, 1.165) is 21.4 Å². The number of rotatable bonds is 3. The summed E-state index contributed by atoms with van der Waals surface area (Å²) in [4.78, 5) is 36.7. The number of aromatic nitrogens is 3. The predicted molar refractivity (Wildman–Crippen MR) is 101 cm³/mol. The summed E-state index contributed by atoms with van der Waals surface area (Å²) in [5.41, 5.74) is 1.72. The summed E-state index contributed by atoms with van der Waals surface area (Å²) in [6.07, 6.45) is 4.53. The van der Waals surface area contributed by atoms with Gasteiger partial charge in [0, 0.05) is 37.2 Å². The van der Waals surface area contributed by atoms with Gasteiger partial charge in [-0.25, -0.2) is 9.97 Å². The summed E-state index contributed by atoms with van der Waals surface area (Å²) in [7, 11) is 0. The molecule has 7 nitrogen and oxygen atoms in total. The van der Waals surface area contributed by atoms with Gasteiger partial charge >= 0.3 is 0 Å². The lowest BCUT2D eigenvalue weighted by Crippen LogP contribution is -2.35. The van der Waals surface area contributed by atoms with Crippen LogP contribution in [0.3, 0.4) is 0 Å². The Bertz CT molecular complexity index is 974. The van der Waals surface area contributed by atoms with Crippen molar-refractivity contribution < 1.29 is 9.59 Å². The first-order chi connectivity index (χ1) is 12.5. The van der Waals surface area contributed by atoms with E-state index in [1.54, 1.807) is 0 Å². The number of hydrogen-bond acceptors (Lipinski definition) is 6.